The van der Waals surface area contributed by atoms with Crippen LogP contribution in [-0.2, 0) is 4.79 Å². The van der Waals surface area contributed by atoms with Crippen molar-refractivity contribution in [3.05, 3.63) is 24.3 Å². The molecule has 0 radical (unpaired) electrons. The Morgan fingerprint density at radius 3 is 2.84 bits per heavy atom. The number of rotatable bonds is 5. The van der Waals surface area contributed by atoms with E-state index in [1.54, 1.807) is 6.07 Å². The summed E-state index contributed by atoms with van der Waals surface area (Å²) in [4.78, 5) is 12.0. The fourth-order valence-electron chi connectivity index (χ4n) is 1.96. The van der Waals surface area contributed by atoms with Gasteiger partial charge in [0.2, 0.25) is 6.10 Å². The lowest BCUT2D eigenvalue weighted by molar-refractivity contribution is -0.130. The zero-order valence-corrected chi connectivity index (χ0v) is 11.3. The average Bonchev–Trinajstić information content (AvgIpc) is 2.44. The number of fused-ring (bicyclic) bond motifs is 1. The van der Waals surface area contributed by atoms with Crippen LogP contribution in [-0.4, -0.2) is 38.8 Å². The first-order valence-electron chi connectivity index (χ1n) is 6.51. The molecule has 1 aliphatic heterocycles. The molecule has 2 atom stereocenters. The zero-order chi connectivity index (χ0) is 13.7. The van der Waals surface area contributed by atoms with Crippen molar-refractivity contribution in [2.45, 2.75) is 13.0 Å². The molecule has 1 heterocycles. The Labute approximate surface area is 113 Å². The van der Waals surface area contributed by atoms with E-state index in [0.717, 1.165) is 6.54 Å². The SMILES string of the molecule is CNCC(C)CNC(=O)C1COc2ccccc2O1. The van der Waals surface area contributed by atoms with Crippen molar-refractivity contribution in [2.75, 3.05) is 26.7 Å². The molecule has 0 aromatic heterocycles. The van der Waals surface area contributed by atoms with Gasteiger partial charge in [-0.3, -0.25) is 4.79 Å². The largest absolute Gasteiger partial charge is 0.485 e. The Balaban J connectivity index is 1.85. The van der Waals surface area contributed by atoms with Crippen molar-refractivity contribution in [2.24, 2.45) is 5.92 Å². The third-order valence-corrected chi connectivity index (χ3v) is 2.98. The van der Waals surface area contributed by atoms with Gasteiger partial charge in [-0.15, -0.1) is 0 Å². The summed E-state index contributed by atoms with van der Waals surface area (Å²) in [7, 11) is 1.90. The van der Waals surface area contributed by atoms with E-state index in [1.807, 2.05) is 25.2 Å². The second-order valence-corrected chi connectivity index (χ2v) is 4.77. The smallest absolute Gasteiger partial charge is 0.264 e. The lowest BCUT2D eigenvalue weighted by Crippen LogP contribution is -2.45. The standard InChI is InChI=1S/C14H20N2O3/c1-10(7-15-2)8-16-14(17)13-9-18-11-5-3-4-6-12(11)19-13/h3-6,10,13,15H,7-9H2,1-2H3,(H,16,17). The maximum Gasteiger partial charge on any atom is 0.264 e. The first-order valence-corrected chi connectivity index (χ1v) is 6.51. The van der Waals surface area contributed by atoms with Gasteiger partial charge in [0.05, 0.1) is 0 Å². The number of carbonyl (C=O) groups is 1. The van der Waals surface area contributed by atoms with Gasteiger partial charge in [0.25, 0.3) is 5.91 Å². The van der Waals surface area contributed by atoms with Crippen molar-refractivity contribution in [1.29, 1.82) is 0 Å². The van der Waals surface area contributed by atoms with Crippen LogP contribution in [0.4, 0.5) is 0 Å². The summed E-state index contributed by atoms with van der Waals surface area (Å²) in [5.74, 6) is 1.57. The van der Waals surface area contributed by atoms with Crippen LogP contribution in [0.15, 0.2) is 24.3 Å². The van der Waals surface area contributed by atoms with Crippen LogP contribution in [0.2, 0.25) is 0 Å². The minimum Gasteiger partial charge on any atom is -0.485 e. The van der Waals surface area contributed by atoms with Gasteiger partial charge in [-0.05, 0) is 31.6 Å². The Morgan fingerprint density at radius 1 is 1.37 bits per heavy atom. The molecule has 2 rings (SSSR count). The van der Waals surface area contributed by atoms with Gasteiger partial charge in [0.15, 0.2) is 11.5 Å². The Morgan fingerprint density at radius 2 is 2.11 bits per heavy atom. The van der Waals surface area contributed by atoms with E-state index in [0.29, 0.717) is 24.0 Å². The highest BCUT2D eigenvalue weighted by Crippen LogP contribution is 2.30. The molecule has 0 saturated heterocycles. The lowest BCUT2D eigenvalue weighted by Gasteiger charge is -2.26. The maximum atomic E-state index is 12.0. The molecule has 0 aliphatic carbocycles. The average molecular weight is 264 g/mol. The number of ether oxygens (including phenoxy) is 2. The molecule has 5 heteroatoms. The van der Waals surface area contributed by atoms with Gasteiger partial charge >= 0.3 is 0 Å². The van der Waals surface area contributed by atoms with Gasteiger partial charge in [-0.1, -0.05) is 19.1 Å². The minimum absolute atomic E-state index is 0.127. The first kappa shape index (κ1) is 13.7. The molecule has 1 aromatic rings. The normalized spacial score (nSPS) is 18.7. The zero-order valence-electron chi connectivity index (χ0n) is 11.3. The molecule has 1 amide bonds. The van der Waals surface area contributed by atoms with Crippen LogP contribution in [0.3, 0.4) is 0 Å². The third kappa shape index (κ3) is 3.61. The summed E-state index contributed by atoms with van der Waals surface area (Å²) in [6, 6.07) is 7.37. The summed E-state index contributed by atoms with van der Waals surface area (Å²) in [5, 5.41) is 5.96. The molecule has 0 bridgehead atoms. The second-order valence-electron chi connectivity index (χ2n) is 4.77. The number of amides is 1. The van der Waals surface area contributed by atoms with Crippen molar-refractivity contribution >= 4 is 5.91 Å². The molecule has 0 fully saturated rings. The first-order chi connectivity index (χ1) is 9.20. The van der Waals surface area contributed by atoms with E-state index in [2.05, 4.69) is 17.6 Å². The monoisotopic (exact) mass is 264 g/mol. The molecule has 0 spiro atoms. The quantitative estimate of drug-likeness (QED) is 0.826. The molecular weight excluding hydrogens is 244 g/mol. The maximum absolute atomic E-state index is 12.0. The van der Waals surface area contributed by atoms with Gasteiger partial charge in [0.1, 0.15) is 6.61 Å². The molecule has 1 aliphatic rings. The number of hydrogen-bond acceptors (Lipinski definition) is 4. The summed E-state index contributed by atoms with van der Waals surface area (Å²) in [6.07, 6.45) is -0.573. The van der Waals surface area contributed by atoms with Gasteiger partial charge in [-0.25, -0.2) is 0 Å². The van der Waals surface area contributed by atoms with Crippen LogP contribution in [0.5, 0.6) is 11.5 Å². The number of hydrogen-bond donors (Lipinski definition) is 2. The molecule has 19 heavy (non-hydrogen) atoms. The summed E-state index contributed by atoms with van der Waals surface area (Å²) in [5.41, 5.74) is 0. The van der Waals surface area contributed by atoms with Gasteiger partial charge < -0.3 is 20.1 Å². The molecule has 2 N–H and O–H groups in total. The Bertz CT molecular complexity index is 436. The third-order valence-electron chi connectivity index (χ3n) is 2.98. The lowest BCUT2D eigenvalue weighted by atomic mass is 10.2. The van der Waals surface area contributed by atoms with E-state index in [9.17, 15) is 4.79 Å². The van der Waals surface area contributed by atoms with Crippen molar-refractivity contribution in [3.8, 4) is 11.5 Å². The highest BCUT2D eigenvalue weighted by atomic mass is 16.6. The summed E-state index contributed by atoms with van der Waals surface area (Å²) >= 11 is 0. The predicted octanol–water partition coefficient (Wildman–Crippen LogP) is 0.798. The predicted molar refractivity (Wildman–Crippen MR) is 72.5 cm³/mol. The highest BCUT2D eigenvalue weighted by molar-refractivity contribution is 5.81. The van der Waals surface area contributed by atoms with E-state index in [1.165, 1.54) is 0 Å². The summed E-state index contributed by atoms with van der Waals surface area (Å²) in [6.45, 7) is 3.82. The molecule has 104 valence electrons. The second kappa shape index (κ2) is 6.43. The van der Waals surface area contributed by atoms with Crippen LogP contribution in [0.25, 0.3) is 0 Å². The van der Waals surface area contributed by atoms with E-state index in [4.69, 9.17) is 9.47 Å². The number of nitrogens with one attached hydrogen (secondary N) is 2. The Kier molecular flexibility index (Phi) is 4.63. The highest BCUT2D eigenvalue weighted by Gasteiger charge is 2.27. The summed E-state index contributed by atoms with van der Waals surface area (Å²) < 4.78 is 11.1. The molecule has 0 saturated carbocycles. The van der Waals surface area contributed by atoms with Crippen LogP contribution in [0, 0.1) is 5.92 Å². The molecule has 2 unspecified atom stereocenters. The molecule has 5 nitrogen and oxygen atoms in total. The molecule has 1 aromatic carbocycles. The van der Waals surface area contributed by atoms with Crippen molar-refractivity contribution in [3.63, 3.8) is 0 Å². The van der Waals surface area contributed by atoms with E-state index in [-0.39, 0.29) is 12.5 Å². The van der Waals surface area contributed by atoms with Gasteiger partial charge in [0, 0.05) is 6.54 Å². The van der Waals surface area contributed by atoms with E-state index >= 15 is 0 Å². The molecular formula is C14H20N2O3. The van der Waals surface area contributed by atoms with Crippen molar-refractivity contribution in [1.82, 2.24) is 10.6 Å². The van der Waals surface area contributed by atoms with Crippen LogP contribution < -0.4 is 20.1 Å². The van der Waals surface area contributed by atoms with Crippen LogP contribution in [0.1, 0.15) is 6.92 Å². The van der Waals surface area contributed by atoms with Gasteiger partial charge in [-0.2, -0.15) is 0 Å². The van der Waals surface area contributed by atoms with Crippen molar-refractivity contribution < 1.29 is 14.3 Å². The van der Waals surface area contributed by atoms with Crippen LogP contribution >= 0.6 is 0 Å². The number of benzene rings is 1. The fraction of sp³-hybridized carbons (Fsp3) is 0.500. The van der Waals surface area contributed by atoms with E-state index < -0.39 is 6.10 Å². The number of carbonyl (C=O) groups excluding carboxylic acids is 1. The number of para-hydroxylation sites is 2. The minimum atomic E-state index is -0.573. The Hall–Kier alpha value is -1.75. The topological polar surface area (TPSA) is 59.6 Å². The fourth-order valence-corrected chi connectivity index (χ4v) is 1.96.